The van der Waals surface area contributed by atoms with Crippen molar-refractivity contribution in [2.24, 2.45) is 0 Å². The van der Waals surface area contributed by atoms with Gasteiger partial charge in [-0.1, -0.05) is 61.2 Å². The number of aryl methyl sites for hydroxylation is 1. The van der Waals surface area contributed by atoms with E-state index in [0.29, 0.717) is 30.4 Å². The van der Waals surface area contributed by atoms with Crippen LogP contribution in [-0.2, 0) is 28.1 Å². The molecule has 4 rings (SSSR count). The molecule has 174 valence electrons. The molecule has 0 unspecified atom stereocenters. The molecule has 0 spiro atoms. The minimum Gasteiger partial charge on any atom is -0.343 e. The van der Waals surface area contributed by atoms with Gasteiger partial charge in [-0.25, -0.2) is 0 Å². The van der Waals surface area contributed by atoms with E-state index in [-0.39, 0.29) is 18.2 Å². The lowest BCUT2D eigenvalue weighted by atomic mass is 9.89. The topological polar surface area (TPSA) is 115 Å². The van der Waals surface area contributed by atoms with Crippen molar-refractivity contribution in [3.8, 4) is 0 Å². The third-order valence-corrected chi connectivity index (χ3v) is 5.94. The third-order valence-electron chi connectivity index (χ3n) is 5.94. The van der Waals surface area contributed by atoms with Crippen molar-refractivity contribution in [1.82, 2.24) is 25.2 Å². The van der Waals surface area contributed by atoms with Gasteiger partial charge in [-0.05, 0) is 18.4 Å². The molecule has 0 saturated heterocycles. The maximum Gasteiger partial charge on any atom is 0.227 e. The second-order valence-corrected chi connectivity index (χ2v) is 8.65. The van der Waals surface area contributed by atoms with Crippen LogP contribution in [0.3, 0.4) is 0 Å². The summed E-state index contributed by atoms with van der Waals surface area (Å²) in [5, 5.41) is 14.4. The zero-order valence-corrected chi connectivity index (χ0v) is 18.9. The zero-order valence-electron chi connectivity index (χ0n) is 18.9. The van der Waals surface area contributed by atoms with E-state index in [1.807, 2.05) is 30.3 Å². The molecule has 2 amide bonds. The number of nitrogens with zero attached hydrogens (tertiary/aromatic N) is 4. The molecule has 1 aliphatic rings. The number of carbonyl (C=O) groups excluding carboxylic acids is 2. The molecule has 2 aromatic heterocycles. The van der Waals surface area contributed by atoms with Gasteiger partial charge in [0, 0.05) is 26.0 Å². The molecule has 0 aliphatic heterocycles. The van der Waals surface area contributed by atoms with Gasteiger partial charge in [-0.2, -0.15) is 10.1 Å². The van der Waals surface area contributed by atoms with Crippen molar-refractivity contribution in [1.29, 1.82) is 0 Å². The Labute approximate surface area is 192 Å². The van der Waals surface area contributed by atoms with E-state index in [1.54, 1.807) is 17.1 Å². The summed E-state index contributed by atoms with van der Waals surface area (Å²) in [6, 6.07) is 10.0. The predicted octanol–water partition coefficient (Wildman–Crippen LogP) is 3.57. The lowest BCUT2D eigenvalue weighted by molar-refractivity contribution is -0.121. The fourth-order valence-corrected chi connectivity index (χ4v) is 4.35. The van der Waals surface area contributed by atoms with Crippen molar-refractivity contribution in [2.45, 2.75) is 70.4 Å². The molecule has 9 heteroatoms. The number of benzene rings is 1. The zero-order chi connectivity index (χ0) is 23.1. The second kappa shape index (κ2) is 10.4. The van der Waals surface area contributed by atoms with Crippen molar-refractivity contribution in [3.63, 3.8) is 0 Å². The minimum absolute atomic E-state index is 0.101. The normalized spacial score (nSPS) is 15.5. The highest BCUT2D eigenvalue weighted by molar-refractivity contribution is 5.90. The Kier molecular flexibility index (Phi) is 7.16. The maximum absolute atomic E-state index is 12.4. The Morgan fingerprint density at radius 3 is 2.61 bits per heavy atom. The lowest BCUT2D eigenvalue weighted by Gasteiger charge is -2.30. The van der Waals surface area contributed by atoms with Crippen LogP contribution >= 0.6 is 0 Å². The van der Waals surface area contributed by atoms with Crippen LogP contribution in [0, 0.1) is 0 Å². The molecule has 33 heavy (non-hydrogen) atoms. The standard InChI is InChI=1S/C24H30N6O3/c1-18(31)28-24(13-7-2-3-8-14-24)23-27-22(33-29-23)12-11-21(32)26-20-15-25-30(17-20)16-19-9-5-4-6-10-19/h4-6,9-10,15,17H,2-3,7-8,11-14,16H2,1H3,(H,26,32)(H,28,31). The molecule has 0 bridgehead atoms. The SMILES string of the molecule is CC(=O)NC1(c2noc(CCC(=O)Nc3cnn(Cc4ccccc4)c3)n2)CCCCCC1. The Morgan fingerprint density at radius 2 is 1.88 bits per heavy atom. The first-order valence-corrected chi connectivity index (χ1v) is 11.5. The Balaban J connectivity index is 1.32. The Morgan fingerprint density at radius 1 is 1.12 bits per heavy atom. The van der Waals surface area contributed by atoms with E-state index in [2.05, 4.69) is 25.9 Å². The molecular formula is C24H30N6O3. The maximum atomic E-state index is 12.4. The van der Waals surface area contributed by atoms with Crippen LogP contribution in [0.15, 0.2) is 47.2 Å². The highest BCUT2D eigenvalue weighted by Gasteiger charge is 2.38. The van der Waals surface area contributed by atoms with E-state index in [4.69, 9.17) is 4.52 Å². The van der Waals surface area contributed by atoms with Gasteiger partial charge in [-0.3, -0.25) is 14.3 Å². The van der Waals surface area contributed by atoms with Crippen LogP contribution in [0.5, 0.6) is 0 Å². The average molecular weight is 451 g/mol. The highest BCUT2D eigenvalue weighted by atomic mass is 16.5. The number of carbonyl (C=O) groups is 2. The van der Waals surface area contributed by atoms with E-state index in [0.717, 1.165) is 44.1 Å². The van der Waals surface area contributed by atoms with Crippen molar-refractivity contribution < 1.29 is 14.1 Å². The van der Waals surface area contributed by atoms with Gasteiger partial charge in [0.15, 0.2) is 5.82 Å². The summed E-state index contributed by atoms with van der Waals surface area (Å²) in [5.74, 6) is 0.654. The van der Waals surface area contributed by atoms with Gasteiger partial charge in [0.2, 0.25) is 17.7 Å². The smallest absolute Gasteiger partial charge is 0.227 e. The molecule has 9 nitrogen and oxygen atoms in total. The quantitative estimate of drug-likeness (QED) is 0.507. The molecule has 1 saturated carbocycles. The number of anilines is 1. The van der Waals surface area contributed by atoms with Gasteiger partial charge in [0.05, 0.1) is 18.4 Å². The molecule has 1 aromatic carbocycles. The first-order valence-electron chi connectivity index (χ1n) is 11.5. The Bertz CT molecular complexity index is 1070. The van der Waals surface area contributed by atoms with Crippen molar-refractivity contribution in [2.75, 3.05) is 5.32 Å². The van der Waals surface area contributed by atoms with Gasteiger partial charge in [-0.15, -0.1) is 0 Å². The van der Waals surface area contributed by atoms with Crippen LogP contribution in [0.1, 0.15) is 69.1 Å². The summed E-state index contributed by atoms with van der Waals surface area (Å²) in [7, 11) is 0. The predicted molar refractivity (Wildman–Crippen MR) is 122 cm³/mol. The largest absolute Gasteiger partial charge is 0.343 e. The van der Waals surface area contributed by atoms with Gasteiger partial charge >= 0.3 is 0 Å². The molecule has 3 aromatic rings. The van der Waals surface area contributed by atoms with Crippen molar-refractivity contribution in [3.05, 3.63) is 60.0 Å². The van der Waals surface area contributed by atoms with Crippen LogP contribution < -0.4 is 10.6 Å². The summed E-state index contributed by atoms with van der Waals surface area (Å²) in [4.78, 5) is 28.8. The monoisotopic (exact) mass is 450 g/mol. The van der Waals surface area contributed by atoms with Crippen LogP contribution in [0.25, 0.3) is 0 Å². The van der Waals surface area contributed by atoms with Crippen LogP contribution in [-0.4, -0.2) is 31.7 Å². The molecule has 2 heterocycles. The van der Waals surface area contributed by atoms with E-state index < -0.39 is 5.54 Å². The first-order chi connectivity index (χ1) is 16.0. The number of hydrogen-bond acceptors (Lipinski definition) is 6. The van der Waals surface area contributed by atoms with Gasteiger partial charge < -0.3 is 15.2 Å². The molecule has 0 radical (unpaired) electrons. The minimum atomic E-state index is -0.584. The van der Waals surface area contributed by atoms with Crippen LogP contribution in [0.4, 0.5) is 5.69 Å². The number of hydrogen-bond donors (Lipinski definition) is 2. The van der Waals surface area contributed by atoms with E-state index in [9.17, 15) is 9.59 Å². The summed E-state index contributed by atoms with van der Waals surface area (Å²) >= 11 is 0. The molecule has 1 aliphatic carbocycles. The summed E-state index contributed by atoms with van der Waals surface area (Å²) in [6.07, 6.45) is 9.83. The third kappa shape index (κ3) is 6.06. The van der Waals surface area contributed by atoms with Crippen molar-refractivity contribution >= 4 is 17.5 Å². The number of nitrogens with one attached hydrogen (secondary N) is 2. The first kappa shape index (κ1) is 22.7. The average Bonchev–Trinajstić information content (AvgIpc) is 3.38. The highest BCUT2D eigenvalue weighted by Crippen LogP contribution is 2.34. The summed E-state index contributed by atoms with van der Waals surface area (Å²) in [5.41, 5.74) is 1.20. The van der Waals surface area contributed by atoms with Gasteiger partial charge in [0.25, 0.3) is 0 Å². The lowest BCUT2D eigenvalue weighted by Crippen LogP contribution is -2.45. The number of aromatic nitrogens is 4. The molecule has 2 N–H and O–H groups in total. The molecular weight excluding hydrogens is 420 g/mol. The fourth-order valence-electron chi connectivity index (χ4n) is 4.35. The summed E-state index contributed by atoms with van der Waals surface area (Å²) < 4.78 is 7.21. The molecule has 1 fully saturated rings. The van der Waals surface area contributed by atoms with Crippen LogP contribution in [0.2, 0.25) is 0 Å². The number of rotatable bonds is 8. The van der Waals surface area contributed by atoms with E-state index in [1.165, 1.54) is 6.92 Å². The van der Waals surface area contributed by atoms with Gasteiger partial charge in [0.1, 0.15) is 5.54 Å². The molecule has 0 atom stereocenters. The number of amides is 2. The Hall–Kier alpha value is -3.49. The van der Waals surface area contributed by atoms with E-state index >= 15 is 0 Å². The summed E-state index contributed by atoms with van der Waals surface area (Å²) in [6.45, 7) is 2.15. The fraction of sp³-hybridized carbons (Fsp3) is 0.458. The second-order valence-electron chi connectivity index (χ2n) is 8.65.